The van der Waals surface area contributed by atoms with Crippen molar-refractivity contribution in [2.75, 3.05) is 16.6 Å². The van der Waals surface area contributed by atoms with Crippen LogP contribution in [0.25, 0.3) is 5.69 Å². The zero-order valence-corrected chi connectivity index (χ0v) is 22.8. The van der Waals surface area contributed by atoms with Crippen molar-refractivity contribution in [1.82, 2.24) is 9.36 Å². The summed E-state index contributed by atoms with van der Waals surface area (Å²) in [6, 6.07) is 19.8. The maximum atomic E-state index is 13.1. The quantitative estimate of drug-likeness (QED) is 0.312. The van der Waals surface area contributed by atoms with Crippen LogP contribution in [0.5, 0.6) is 5.75 Å². The third-order valence-electron chi connectivity index (χ3n) is 5.69. The topological polar surface area (TPSA) is 111 Å². The summed E-state index contributed by atoms with van der Waals surface area (Å²) in [6.07, 6.45) is 0. The second-order valence-corrected chi connectivity index (χ2v) is 10.7. The number of anilines is 2. The predicted molar refractivity (Wildman–Crippen MR) is 146 cm³/mol. The summed E-state index contributed by atoms with van der Waals surface area (Å²) in [4.78, 5) is 26.0. The molecule has 1 heterocycles. The van der Waals surface area contributed by atoms with Gasteiger partial charge in [-0.3, -0.25) is 19.0 Å². The van der Waals surface area contributed by atoms with Gasteiger partial charge in [-0.05, 0) is 68.4 Å². The van der Waals surface area contributed by atoms with Crippen LogP contribution in [-0.4, -0.2) is 30.3 Å². The molecule has 0 aliphatic rings. The van der Waals surface area contributed by atoms with Crippen LogP contribution >= 0.6 is 15.9 Å². The molecule has 0 saturated heterocycles. The van der Waals surface area contributed by atoms with E-state index >= 15 is 0 Å². The highest BCUT2D eigenvalue weighted by Gasteiger charge is 2.22. The number of halogens is 1. The monoisotopic (exact) mass is 584 g/mol. The first kappa shape index (κ1) is 26.2. The third kappa shape index (κ3) is 5.47. The Morgan fingerprint density at radius 2 is 1.70 bits per heavy atom. The lowest BCUT2D eigenvalue weighted by Crippen LogP contribution is -2.23. The molecule has 37 heavy (non-hydrogen) atoms. The SMILES string of the molecule is CCOc1ccc(Br)cc1S(=O)(=O)Nc1ccc(C(=O)Nc2c(C)n(C)n(-c3ccccc3)c2=O)cc1. The van der Waals surface area contributed by atoms with Gasteiger partial charge in [-0.2, -0.15) is 0 Å². The minimum Gasteiger partial charge on any atom is -0.492 e. The number of para-hydroxylation sites is 1. The molecule has 4 aromatic rings. The first-order valence-electron chi connectivity index (χ1n) is 11.3. The molecule has 0 bridgehead atoms. The van der Waals surface area contributed by atoms with Gasteiger partial charge in [0.25, 0.3) is 21.5 Å². The molecule has 2 N–H and O–H groups in total. The van der Waals surface area contributed by atoms with E-state index in [2.05, 4.69) is 26.0 Å². The summed E-state index contributed by atoms with van der Waals surface area (Å²) in [5.41, 5.74) is 1.59. The van der Waals surface area contributed by atoms with Crippen LogP contribution in [0, 0.1) is 6.92 Å². The number of amides is 1. The molecule has 0 fully saturated rings. The Bertz CT molecular complexity index is 1610. The van der Waals surface area contributed by atoms with Crippen molar-refractivity contribution in [1.29, 1.82) is 0 Å². The fourth-order valence-corrected chi connectivity index (χ4v) is 5.51. The van der Waals surface area contributed by atoms with E-state index in [1.807, 2.05) is 18.2 Å². The zero-order chi connectivity index (χ0) is 26.7. The zero-order valence-electron chi connectivity index (χ0n) is 20.4. The molecular weight excluding hydrogens is 560 g/mol. The number of hydrogen-bond acceptors (Lipinski definition) is 5. The van der Waals surface area contributed by atoms with Crippen molar-refractivity contribution >= 4 is 43.2 Å². The Balaban J connectivity index is 1.54. The fraction of sp³-hybridized carbons (Fsp3) is 0.154. The number of nitrogens with zero attached hydrogens (tertiary/aromatic N) is 2. The van der Waals surface area contributed by atoms with Crippen LogP contribution in [-0.2, 0) is 17.1 Å². The lowest BCUT2D eigenvalue weighted by molar-refractivity contribution is 0.102. The molecule has 0 unspecified atom stereocenters. The van der Waals surface area contributed by atoms with Gasteiger partial charge >= 0.3 is 0 Å². The van der Waals surface area contributed by atoms with Gasteiger partial charge in [0.2, 0.25) is 0 Å². The van der Waals surface area contributed by atoms with Gasteiger partial charge in [-0.15, -0.1) is 0 Å². The van der Waals surface area contributed by atoms with Crippen LogP contribution in [0.2, 0.25) is 0 Å². The van der Waals surface area contributed by atoms with Gasteiger partial charge < -0.3 is 10.1 Å². The molecule has 0 radical (unpaired) electrons. The molecule has 0 atom stereocenters. The number of hydrogen-bond donors (Lipinski definition) is 2. The highest BCUT2D eigenvalue weighted by molar-refractivity contribution is 9.10. The number of aromatic nitrogens is 2. The minimum atomic E-state index is -3.96. The molecule has 1 aromatic heterocycles. The molecule has 192 valence electrons. The van der Waals surface area contributed by atoms with E-state index in [1.54, 1.807) is 49.8 Å². The Hall–Kier alpha value is -3.83. The minimum absolute atomic E-state index is 0.0141. The average Bonchev–Trinajstić information content (AvgIpc) is 3.08. The summed E-state index contributed by atoms with van der Waals surface area (Å²) >= 11 is 3.29. The second kappa shape index (κ2) is 10.7. The molecule has 3 aromatic carbocycles. The molecule has 0 aliphatic heterocycles. The first-order valence-corrected chi connectivity index (χ1v) is 13.6. The molecule has 0 spiro atoms. The predicted octanol–water partition coefficient (Wildman–Crippen LogP) is 4.70. The van der Waals surface area contributed by atoms with Gasteiger partial charge in [0.05, 0.1) is 18.0 Å². The van der Waals surface area contributed by atoms with Crippen LogP contribution in [0.15, 0.2) is 87.0 Å². The number of sulfonamides is 1. The first-order chi connectivity index (χ1) is 17.6. The summed E-state index contributed by atoms with van der Waals surface area (Å²) < 4.78 is 37.7. The van der Waals surface area contributed by atoms with Crippen molar-refractivity contribution in [3.63, 3.8) is 0 Å². The molecule has 0 aliphatic carbocycles. The number of ether oxygens (including phenoxy) is 1. The third-order valence-corrected chi connectivity index (χ3v) is 7.58. The van der Waals surface area contributed by atoms with Crippen LogP contribution in [0.4, 0.5) is 11.4 Å². The number of nitrogens with one attached hydrogen (secondary N) is 2. The van der Waals surface area contributed by atoms with Crippen molar-refractivity contribution in [2.24, 2.45) is 7.05 Å². The number of carbonyl (C=O) groups is 1. The smallest absolute Gasteiger partial charge is 0.295 e. The Morgan fingerprint density at radius 1 is 1.03 bits per heavy atom. The van der Waals surface area contributed by atoms with E-state index in [1.165, 1.54) is 35.0 Å². The van der Waals surface area contributed by atoms with E-state index in [0.29, 0.717) is 22.5 Å². The van der Waals surface area contributed by atoms with Gasteiger partial charge in [0.15, 0.2) is 0 Å². The van der Waals surface area contributed by atoms with E-state index in [9.17, 15) is 18.0 Å². The largest absolute Gasteiger partial charge is 0.492 e. The van der Waals surface area contributed by atoms with E-state index in [4.69, 9.17) is 4.74 Å². The fourth-order valence-electron chi connectivity index (χ4n) is 3.76. The molecule has 0 saturated carbocycles. The van der Waals surface area contributed by atoms with Crippen molar-refractivity contribution in [3.8, 4) is 11.4 Å². The molecule has 1 amide bonds. The van der Waals surface area contributed by atoms with E-state index in [-0.39, 0.29) is 33.1 Å². The second-order valence-electron chi connectivity index (χ2n) is 8.10. The summed E-state index contributed by atoms with van der Waals surface area (Å²) in [5, 5.41) is 2.69. The number of benzene rings is 3. The lowest BCUT2D eigenvalue weighted by Gasteiger charge is -2.13. The number of carbonyl (C=O) groups excluding carboxylic acids is 1. The van der Waals surface area contributed by atoms with E-state index in [0.717, 1.165) is 0 Å². The lowest BCUT2D eigenvalue weighted by atomic mass is 10.2. The molecule has 9 nitrogen and oxygen atoms in total. The maximum Gasteiger partial charge on any atom is 0.295 e. The van der Waals surface area contributed by atoms with Gasteiger partial charge in [0, 0.05) is 22.8 Å². The highest BCUT2D eigenvalue weighted by Crippen LogP contribution is 2.29. The Kier molecular flexibility index (Phi) is 7.55. The molecule has 4 rings (SSSR count). The highest BCUT2D eigenvalue weighted by atomic mass is 79.9. The Morgan fingerprint density at radius 3 is 2.35 bits per heavy atom. The van der Waals surface area contributed by atoms with E-state index < -0.39 is 15.9 Å². The molecular formula is C26H25BrN4O5S. The Labute approximate surface area is 222 Å². The normalized spacial score (nSPS) is 11.2. The van der Waals surface area contributed by atoms with Gasteiger partial charge in [-0.25, -0.2) is 13.1 Å². The maximum absolute atomic E-state index is 13.1. The van der Waals surface area contributed by atoms with Crippen molar-refractivity contribution in [3.05, 3.63) is 98.9 Å². The van der Waals surface area contributed by atoms with Gasteiger partial charge in [0.1, 0.15) is 16.3 Å². The summed E-state index contributed by atoms with van der Waals surface area (Å²) in [5.74, 6) is -0.264. The summed E-state index contributed by atoms with van der Waals surface area (Å²) in [6.45, 7) is 3.82. The van der Waals surface area contributed by atoms with Crippen LogP contribution in [0.3, 0.4) is 0 Å². The summed E-state index contributed by atoms with van der Waals surface area (Å²) in [7, 11) is -2.22. The van der Waals surface area contributed by atoms with Crippen molar-refractivity contribution < 1.29 is 17.9 Å². The molecule has 11 heteroatoms. The van der Waals surface area contributed by atoms with Crippen LogP contribution < -0.4 is 20.3 Å². The van der Waals surface area contributed by atoms with Crippen LogP contribution in [0.1, 0.15) is 23.0 Å². The van der Waals surface area contributed by atoms with Crippen molar-refractivity contribution in [2.45, 2.75) is 18.7 Å². The average molecular weight is 585 g/mol. The number of rotatable bonds is 8. The van der Waals surface area contributed by atoms with Gasteiger partial charge in [-0.1, -0.05) is 34.1 Å². The standard InChI is InChI=1S/C26H25BrN4O5S/c1-4-36-22-15-12-19(27)16-23(22)37(34,35)29-20-13-10-18(11-14-20)25(32)28-24-17(2)30(3)31(26(24)33)21-8-6-5-7-9-21/h5-16,29H,4H2,1-3H3,(H,28,32).